The molecule has 0 saturated heterocycles. The Morgan fingerprint density at radius 3 is 1.35 bits per heavy atom. The standard InChI is InChI=1S/C24H40N2OS2Si2/c1-7-9-23(28-21-15-11-19(25)12-16-21)31(6,27-30(3,4)5)24(10-8-2)29-22-17-13-20(26)14-18-22/h11-18,23-24H,7-10,25-26H2,1-6H3. The maximum absolute atomic E-state index is 7.23. The zero-order chi connectivity index (χ0) is 23.1. The van der Waals surface area contributed by atoms with Gasteiger partial charge in [0.05, 0.1) is 0 Å². The summed E-state index contributed by atoms with van der Waals surface area (Å²) in [4.78, 5) is 3.56. The Morgan fingerprint density at radius 1 is 0.710 bits per heavy atom. The fourth-order valence-electron chi connectivity index (χ4n) is 3.87. The molecule has 0 radical (unpaired) electrons. The van der Waals surface area contributed by atoms with Gasteiger partial charge in [0, 0.05) is 30.9 Å². The van der Waals surface area contributed by atoms with Crippen LogP contribution in [0.5, 0.6) is 0 Å². The summed E-state index contributed by atoms with van der Waals surface area (Å²) < 4.78 is 7.23. The Kier molecular flexibility index (Phi) is 10.1. The van der Waals surface area contributed by atoms with Crippen molar-refractivity contribution in [1.82, 2.24) is 0 Å². The van der Waals surface area contributed by atoms with Crippen LogP contribution in [0.15, 0.2) is 58.3 Å². The molecule has 31 heavy (non-hydrogen) atoms. The van der Waals surface area contributed by atoms with E-state index in [2.05, 4.69) is 64.3 Å². The Bertz CT molecular complexity index is 737. The van der Waals surface area contributed by atoms with Crippen LogP contribution >= 0.6 is 23.5 Å². The quantitative estimate of drug-likeness (QED) is 0.182. The van der Waals surface area contributed by atoms with Crippen molar-refractivity contribution in [2.45, 2.75) is 85.3 Å². The van der Waals surface area contributed by atoms with Gasteiger partial charge < -0.3 is 15.6 Å². The van der Waals surface area contributed by atoms with E-state index < -0.39 is 16.6 Å². The molecule has 0 heterocycles. The van der Waals surface area contributed by atoms with Crippen molar-refractivity contribution >= 4 is 51.5 Å². The summed E-state index contributed by atoms with van der Waals surface area (Å²) in [5.74, 6) is 0. The van der Waals surface area contributed by atoms with Crippen molar-refractivity contribution in [2.75, 3.05) is 11.5 Å². The fraction of sp³-hybridized carbons (Fsp3) is 0.500. The summed E-state index contributed by atoms with van der Waals surface area (Å²) in [5, 5.41) is 0. The topological polar surface area (TPSA) is 61.3 Å². The first-order chi connectivity index (χ1) is 14.6. The van der Waals surface area contributed by atoms with Crippen LogP contribution in [0, 0.1) is 0 Å². The number of hydrogen-bond donors (Lipinski definition) is 2. The highest BCUT2D eigenvalue weighted by atomic mass is 32.2. The average Bonchev–Trinajstić information content (AvgIpc) is 2.69. The Hall–Kier alpha value is -0.866. The van der Waals surface area contributed by atoms with Crippen LogP contribution in [-0.2, 0) is 4.12 Å². The van der Waals surface area contributed by atoms with Gasteiger partial charge in [-0.3, -0.25) is 0 Å². The van der Waals surface area contributed by atoms with Gasteiger partial charge in [-0.2, -0.15) is 0 Å². The van der Waals surface area contributed by atoms with Crippen LogP contribution in [0.3, 0.4) is 0 Å². The second-order valence-corrected chi connectivity index (χ2v) is 21.5. The molecule has 4 N–H and O–H groups in total. The lowest BCUT2D eigenvalue weighted by atomic mass is 10.3. The Balaban J connectivity index is 2.44. The highest BCUT2D eigenvalue weighted by molar-refractivity contribution is 8.04. The van der Waals surface area contributed by atoms with Gasteiger partial charge in [-0.05, 0) is 87.6 Å². The van der Waals surface area contributed by atoms with Crippen LogP contribution in [0.25, 0.3) is 0 Å². The van der Waals surface area contributed by atoms with Gasteiger partial charge in [-0.25, -0.2) is 0 Å². The lowest BCUT2D eigenvalue weighted by Crippen LogP contribution is -2.59. The Labute approximate surface area is 200 Å². The van der Waals surface area contributed by atoms with Crippen molar-refractivity contribution in [3.63, 3.8) is 0 Å². The maximum atomic E-state index is 7.23. The fourth-order valence-corrected chi connectivity index (χ4v) is 19.1. The minimum atomic E-state index is -2.15. The van der Waals surface area contributed by atoms with Crippen molar-refractivity contribution in [2.24, 2.45) is 0 Å². The molecule has 0 aromatic heterocycles. The number of thioether (sulfide) groups is 2. The summed E-state index contributed by atoms with van der Waals surface area (Å²) in [6.45, 7) is 14.1. The number of nitrogen functional groups attached to an aromatic ring is 2. The van der Waals surface area contributed by atoms with Crippen molar-refractivity contribution in [1.29, 1.82) is 0 Å². The predicted molar refractivity (Wildman–Crippen MR) is 147 cm³/mol. The van der Waals surface area contributed by atoms with Crippen molar-refractivity contribution in [3.8, 4) is 0 Å². The van der Waals surface area contributed by atoms with E-state index in [1.165, 1.54) is 22.6 Å². The van der Waals surface area contributed by atoms with E-state index in [4.69, 9.17) is 15.6 Å². The van der Waals surface area contributed by atoms with Gasteiger partial charge >= 0.3 is 0 Å². The molecular weight excluding hydrogens is 453 g/mol. The van der Waals surface area contributed by atoms with Crippen LogP contribution in [0.2, 0.25) is 26.2 Å². The first kappa shape index (κ1) is 26.4. The third-order valence-electron chi connectivity index (χ3n) is 5.22. The van der Waals surface area contributed by atoms with Gasteiger partial charge in [0.15, 0.2) is 8.32 Å². The number of hydrogen-bond acceptors (Lipinski definition) is 5. The second kappa shape index (κ2) is 11.8. The van der Waals surface area contributed by atoms with E-state index in [9.17, 15) is 0 Å². The van der Waals surface area contributed by atoms with Crippen LogP contribution in [-0.4, -0.2) is 26.4 Å². The van der Waals surface area contributed by atoms with Crippen LogP contribution < -0.4 is 11.5 Å². The zero-order valence-electron chi connectivity index (χ0n) is 20.0. The first-order valence-corrected chi connectivity index (χ1v) is 19.0. The third-order valence-corrected chi connectivity index (χ3v) is 18.2. The molecule has 0 saturated carbocycles. The summed E-state index contributed by atoms with van der Waals surface area (Å²) in [5.41, 5.74) is 13.5. The zero-order valence-corrected chi connectivity index (χ0v) is 23.6. The molecule has 2 unspecified atom stereocenters. The van der Waals surface area contributed by atoms with E-state index >= 15 is 0 Å². The molecule has 7 heteroatoms. The van der Waals surface area contributed by atoms with E-state index in [1.807, 2.05) is 47.8 Å². The molecule has 0 bridgehead atoms. The number of nitrogens with two attached hydrogens (primary N) is 2. The molecular formula is C24H40N2OS2Si2. The smallest absolute Gasteiger partial charge is 0.203 e. The SMILES string of the molecule is CCCC(Sc1ccc(N)cc1)[Si](C)(O[Si](C)(C)C)C(CCC)Sc1ccc(N)cc1. The van der Waals surface area contributed by atoms with Gasteiger partial charge in [-0.1, -0.05) is 26.7 Å². The molecule has 0 aliphatic carbocycles. The molecule has 0 aliphatic rings. The van der Waals surface area contributed by atoms with E-state index in [-0.39, 0.29) is 0 Å². The predicted octanol–water partition coefficient (Wildman–Crippen LogP) is 7.58. The molecule has 0 spiro atoms. The van der Waals surface area contributed by atoms with E-state index in [0.717, 1.165) is 24.2 Å². The van der Waals surface area contributed by atoms with Crippen molar-refractivity contribution in [3.05, 3.63) is 48.5 Å². The average molecular weight is 493 g/mol. The first-order valence-electron chi connectivity index (χ1n) is 11.3. The minimum absolute atomic E-state index is 0.491. The Morgan fingerprint density at radius 2 is 1.06 bits per heavy atom. The van der Waals surface area contributed by atoms with Crippen LogP contribution in [0.4, 0.5) is 11.4 Å². The second-order valence-electron chi connectivity index (χ2n) is 9.33. The third kappa shape index (κ3) is 8.20. The van der Waals surface area contributed by atoms with E-state index in [0.29, 0.717) is 9.75 Å². The number of rotatable bonds is 12. The number of anilines is 2. The molecule has 2 atom stereocenters. The summed E-state index contributed by atoms with van der Waals surface area (Å²) in [6, 6.07) is 16.7. The van der Waals surface area contributed by atoms with Gasteiger partial charge in [0.25, 0.3) is 0 Å². The summed E-state index contributed by atoms with van der Waals surface area (Å²) >= 11 is 4.01. The normalized spacial score (nSPS) is 15.9. The molecule has 0 fully saturated rings. The lowest BCUT2D eigenvalue weighted by molar-refractivity contribution is 0.518. The van der Waals surface area contributed by atoms with Gasteiger partial charge in [0.1, 0.15) is 0 Å². The highest BCUT2D eigenvalue weighted by Crippen LogP contribution is 2.43. The molecule has 2 rings (SSSR count). The van der Waals surface area contributed by atoms with E-state index in [1.54, 1.807) is 0 Å². The molecule has 2 aromatic rings. The minimum Gasteiger partial charge on any atom is -0.454 e. The molecule has 172 valence electrons. The molecule has 3 nitrogen and oxygen atoms in total. The maximum Gasteiger partial charge on any atom is 0.203 e. The monoisotopic (exact) mass is 492 g/mol. The molecule has 2 aromatic carbocycles. The van der Waals surface area contributed by atoms with Gasteiger partial charge in [-0.15, -0.1) is 23.5 Å². The van der Waals surface area contributed by atoms with Gasteiger partial charge in [0.2, 0.25) is 8.32 Å². The van der Waals surface area contributed by atoms with Crippen molar-refractivity contribution < 1.29 is 4.12 Å². The summed E-state index contributed by atoms with van der Waals surface area (Å²) in [6.07, 6.45) is 4.67. The largest absolute Gasteiger partial charge is 0.454 e. The molecule has 0 amide bonds. The molecule has 0 aliphatic heterocycles. The summed E-state index contributed by atoms with van der Waals surface area (Å²) in [7, 11) is -3.89. The number of benzene rings is 2. The van der Waals surface area contributed by atoms with Crippen LogP contribution in [0.1, 0.15) is 39.5 Å². The highest BCUT2D eigenvalue weighted by Gasteiger charge is 2.48. The lowest BCUT2D eigenvalue weighted by Gasteiger charge is -2.45.